The van der Waals surface area contributed by atoms with Crippen LogP contribution in [0.2, 0.25) is 0 Å². The molecule has 0 fully saturated rings. The molecule has 0 aliphatic carbocycles. The molecule has 0 atom stereocenters. The highest BCUT2D eigenvalue weighted by molar-refractivity contribution is 5.86. The number of rotatable bonds is 6. The van der Waals surface area contributed by atoms with Gasteiger partial charge in [0.15, 0.2) is 0 Å². The first kappa shape index (κ1) is 20.5. The molecule has 2 rings (SSSR count). The van der Waals surface area contributed by atoms with Crippen LogP contribution in [0.5, 0.6) is 11.5 Å². The first-order valence-corrected chi connectivity index (χ1v) is 7.55. The van der Waals surface area contributed by atoms with E-state index in [-0.39, 0.29) is 0 Å². The van der Waals surface area contributed by atoms with Crippen molar-refractivity contribution in [3.8, 4) is 11.5 Å². The summed E-state index contributed by atoms with van der Waals surface area (Å²) >= 11 is 0. The number of hydrogen-bond donors (Lipinski definition) is 2. The minimum atomic E-state index is -0.993. The lowest BCUT2D eigenvalue weighted by Crippen LogP contribution is -1.91. The Morgan fingerprint density at radius 2 is 1.46 bits per heavy atom. The van der Waals surface area contributed by atoms with Crippen LogP contribution in [0.15, 0.2) is 60.7 Å². The second-order valence-electron chi connectivity index (χ2n) is 4.86. The second-order valence-corrected chi connectivity index (χ2v) is 4.86. The molecule has 0 radical (unpaired) electrons. The number of hydrogen-bond acceptors (Lipinski definition) is 4. The Balaban J connectivity index is 0.000000273. The van der Waals surface area contributed by atoms with Gasteiger partial charge < -0.3 is 19.7 Å². The molecule has 6 nitrogen and oxygen atoms in total. The molecule has 0 saturated heterocycles. The molecule has 2 aromatic rings. The molecule has 6 heteroatoms. The maximum atomic E-state index is 10.3. The van der Waals surface area contributed by atoms with Gasteiger partial charge in [0.1, 0.15) is 11.5 Å². The predicted molar refractivity (Wildman–Crippen MR) is 99.3 cm³/mol. The summed E-state index contributed by atoms with van der Waals surface area (Å²) < 4.78 is 10.1. The summed E-state index contributed by atoms with van der Waals surface area (Å²) in [6.45, 7) is 0. The normalized spacial score (nSPS) is 10.2. The number of benzene rings is 2. The third-order valence-electron chi connectivity index (χ3n) is 3.06. The van der Waals surface area contributed by atoms with E-state index in [0.29, 0.717) is 17.1 Å². The molecule has 0 bridgehead atoms. The van der Waals surface area contributed by atoms with Gasteiger partial charge in [-0.1, -0.05) is 30.3 Å². The summed E-state index contributed by atoms with van der Waals surface area (Å²) in [5.74, 6) is -0.673. The molecule has 0 amide bonds. The average Bonchev–Trinajstić information content (AvgIpc) is 2.65. The largest absolute Gasteiger partial charge is 0.497 e. The first-order chi connectivity index (χ1) is 12.5. The number of carbonyl (C=O) groups is 2. The maximum Gasteiger partial charge on any atom is 0.328 e. The summed E-state index contributed by atoms with van der Waals surface area (Å²) in [4.78, 5) is 20.4. The minimum Gasteiger partial charge on any atom is -0.497 e. The summed E-state index contributed by atoms with van der Waals surface area (Å²) in [6.07, 6.45) is 5.21. The van der Waals surface area contributed by atoms with E-state index < -0.39 is 11.9 Å². The highest BCUT2D eigenvalue weighted by Gasteiger charge is 2.02. The van der Waals surface area contributed by atoms with Gasteiger partial charge in [0, 0.05) is 23.8 Å². The van der Waals surface area contributed by atoms with E-state index in [1.54, 1.807) is 31.4 Å². The van der Waals surface area contributed by atoms with Crippen LogP contribution in [-0.4, -0.2) is 36.4 Å². The zero-order valence-electron chi connectivity index (χ0n) is 14.5. The lowest BCUT2D eigenvalue weighted by Gasteiger charge is -2.06. The van der Waals surface area contributed by atoms with E-state index in [9.17, 15) is 9.59 Å². The third-order valence-corrected chi connectivity index (χ3v) is 3.06. The Hall–Kier alpha value is -3.54. The van der Waals surface area contributed by atoms with Crippen molar-refractivity contribution in [3.63, 3.8) is 0 Å². The predicted octanol–water partition coefficient (Wildman–Crippen LogP) is 3.59. The Labute approximate surface area is 151 Å². The fraction of sp³-hybridized carbons (Fsp3) is 0.100. The third kappa shape index (κ3) is 7.83. The molecule has 2 N–H and O–H groups in total. The van der Waals surface area contributed by atoms with Crippen molar-refractivity contribution >= 4 is 24.1 Å². The maximum absolute atomic E-state index is 10.3. The lowest BCUT2D eigenvalue weighted by molar-refractivity contribution is -0.132. The quantitative estimate of drug-likeness (QED) is 0.769. The average molecular weight is 356 g/mol. The number of methoxy groups -OCH3 is 2. The van der Waals surface area contributed by atoms with E-state index in [0.717, 1.165) is 17.7 Å². The van der Waals surface area contributed by atoms with Gasteiger partial charge in [-0.3, -0.25) is 0 Å². The van der Waals surface area contributed by atoms with Gasteiger partial charge in [-0.25, -0.2) is 9.59 Å². The molecule has 0 heterocycles. The molecule has 0 aliphatic rings. The van der Waals surface area contributed by atoms with E-state index >= 15 is 0 Å². The van der Waals surface area contributed by atoms with Gasteiger partial charge in [0.2, 0.25) is 0 Å². The molecule has 0 spiro atoms. The number of ether oxygens (including phenoxy) is 2. The van der Waals surface area contributed by atoms with E-state index in [4.69, 9.17) is 19.7 Å². The van der Waals surface area contributed by atoms with Crippen LogP contribution in [0, 0.1) is 0 Å². The molecule has 0 aromatic heterocycles. The van der Waals surface area contributed by atoms with Crippen molar-refractivity contribution in [1.82, 2.24) is 0 Å². The molecule has 26 heavy (non-hydrogen) atoms. The van der Waals surface area contributed by atoms with Crippen LogP contribution in [0.25, 0.3) is 12.2 Å². The summed E-state index contributed by atoms with van der Waals surface area (Å²) in [7, 11) is 3.08. The Kier molecular flexibility index (Phi) is 8.75. The molecular weight excluding hydrogens is 336 g/mol. The highest BCUT2D eigenvalue weighted by Crippen LogP contribution is 2.25. The molecule has 0 aliphatic heterocycles. The highest BCUT2D eigenvalue weighted by atomic mass is 16.5. The van der Waals surface area contributed by atoms with Crippen LogP contribution in [-0.2, 0) is 9.59 Å². The first-order valence-electron chi connectivity index (χ1n) is 7.55. The van der Waals surface area contributed by atoms with Crippen LogP contribution < -0.4 is 9.47 Å². The van der Waals surface area contributed by atoms with Gasteiger partial charge in [-0.05, 0) is 29.8 Å². The van der Waals surface area contributed by atoms with Crippen LogP contribution >= 0.6 is 0 Å². The van der Waals surface area contributed by atoms with Crippen molar-refractivity contribution in [2.45, 2.75) is 0 Å². The second kappa shape index (κ2) is 11.1. The van der Waals surface area contributed by atoms with Crippen molar-refractivity contribution < 1.29 is 29.3 Å². The Morgan fingerprint density at radius 1 is 0.846 bits per heavy atom. The summed E-state index contributed by atoms with van der Waals surface area (Å²) in [5.41, 5.74) is 1.59. The van der Waals surface area contributed by atoms with Gasteiger partial charge >= 0.3 is 11.9 Å². The zero-order valence-corrected chi connectivity index (χ0v) is 14.5. The Bertz CT molecular complexity index is 778. The molecule has 0 saturated carbocycles. The van der Waals surface area contributed by atoms with Gasteiger partial charge in [-0.2, -0.15) is 0 Å². The van der Waals surface area contributed by atoms with Crippen molar-refractivity contribution in [2.75, 3.05) is 14.2 Å². The van der Waals surface area contributed by atoms with Crippen molar-refractivity contribution in [1.29, 1.82) is 0 Å². The van der Waals surface area contributed by atoms with Crippen LogP contribution in [0.4, 0.5) is 0 Å². The van der Waals surface area contributed by atoms with Gasteiger partial charge in [0.05, 0.1) is 14.2 Å². The fourth-order valence-electron chi connectivity index (χ4n) is 1.85. The zero-order chi connectivity index (χ0) is 19.4. The fourth-order valence-corrected chi connectivity index (χ4v) is 1.85. The van der Waals surface area contributed by atoms with E-state index in [1.807, 2.05) is 30.3 Å². The topological polar surface area (TPSA) is 93.1 Å². The molecular formula is C20H20O6. The van der Waals surface area contributed by atoms with Crippen LogP contribution in [0.1, 0.15) is 11.1 Å². The number of carboxylic acid groups (broad SMARTS) is 2. The molecule has 2 aromatic carbocycles. The van der Waals surface area contributed by atoms with Gasteiger partial charge in [-0.15, -0.1) is 0 Å². The smallest absolute Gasteiger partial charge is 0.328 e. The van der Waals surface area contributed by atoms with E-state index in [2.05, 4.69) is 0 Å². The number of carboxylic acids is 2. The summed E-state index contributed by atoms with van der Waals surface area (Å²) in [5, 5.41) is 16.8. The SMILES string of the molecule is COc1ccc(C=CC(=O)O)c(OC)c1.O=C(O)C=Cc1ccccc1. The standard InChI is InChI=1S/C11H12O4.C9H8O2/c1-14-9-5-3-8(4-6-11(12)13)10(7-9)15-2;10-9(11)7-6-8-4-2-1-3-5-8/h3-7H,1-2H3,(H,12,13);1-7H,(H,10,11). The van der Waals surface area contributed by atoms with E-state index in [1.165, 1.54) is 13.2 Å². The lowest BCUT2D eigenvalue weighted by atomic mass is 10.2. The van der Waals surface area contributed by atoms with Crippen LogP contribution in [0.3, 0.4) is 0 Å². The van der Waals surface area contributed by atoms with Crippen molar-refractivity contribution in [3.05, 3.63) is 71.8 Å². The van der Waals surface area contributed by atoms with Crippen molar-refractivity contribution in [2.24, 2.45) is 0 Å². The number of aliphatic carboxylic acids is 2. The molecule has 0 unspecified atom stereocenters. The minimum absolute atomic E-state index is 0.576. The molecule has 136 valence electrons. The van der Waals surface area contributed by atoms with Gasteiger partial charge in [0.25, 0.3) is 0 Å². The summed E-state index contributed by atoms with van der Waals surface area (Å²) in [6, 6.07) is 14.5. The Morgan fingerprint density at radius 3 is 2.00 bits per heavy atom. The monoisotopic (exact) mass is 356 g/mol.